The SMILES string of the molecule is CCCN1BCCCC1. The van der Waals surface area contributed by atoms with Crippen LogP contribution in [0.25, 0.3) is 0 Å². The molecule has 1 nitrogen and oxygen atoms in total. The van der Waals surface area contributed by atoms with E-state index in [0.29, 0.717) is 0 Å². The predicted molar refractivity (Wildman–Crippen MR) is 43.1 cm³/mol. The standard InChI is InChI=1S/C7H16BN/c1-2-6-9-7-4-3-5-8-9/h8H,2-7H2,1H3. The summed E-state index contributed by atoms with van der Waals surface area (Å²) in [5.41, 5.74) is 0. The summed E-state index contributed by atoms with van der Waals surface area (Å²) in [6.45, 7) is 4.93. The lowest BCUT2D eigenvalue weighted by atomic mass is 9.79. The molecule has 0 unspecified atom stereocenters. The minimum Gasteiger partial charge on any atom is -0.345 e. The molecule has 2 heteroatoms. The van der Waals surface area contributed by atoms with E-state index in [4.69, 9.17) is 0 Å². The average Bonchev–Trinajstić information content (AvgIpc) is 1.91. The van der Waals surface area contributed by atoms with E-state index in [0.717, 1.165) is 0 Å². The van der Waals surface area contributed by atoms with E-state index < -0.39 is 0 Å². The van der Waals surface area contributed by atoms with Gasteiger partial charge in [0.05, 0.1) is 0 Å². The largest absolute Gasteiger partial charge is 0.345 e. The molecule has 1 aliphatic rings. The molecule has 1 heterocycles. The van der Waals surface area contributed by atoms with Gasteiger partial charge >= 0.3 is 0 Å². The van der Waals surface area contributed by atoms with Gasteiger partial charge in [0.2, 0.25) is 7.41 Å². The number of nitrogens with zero attached hydrogens (tertiary/aromatic N) is 1. The lowest BCUT2D eigenvalue weighted by molar-refractivity contribution is 0.407. The summed E-state index contributed by atoms with van der Waals surface area (Å²) in [6.07, 6.45) is 5.64. The second kappa shape index (κ2) is 3.94. The van der Waals surface area contributed by atoms with Crippen molar-refractivity contribution < 1.29 is 0 Å². The summed E-state index contributed by atoms with van der Waals surface area (Å²) >= 11 is 0. The van der Waals surface area contributed by atoms with E-state index >= 15 is 0 Å². The molecule has 0 spiro atoms. The first-order chi connectivity index (χ1) is 4.43. The number of hydrogen-bond donors (Lipinski definition) is 0. The van der Waals surface area contributed by atoms with Crippen LogP contribution in [0.2, 0.25) is 6.32 Å². The maximum absolute atomic E-state index is 2.57. The molecule has 0 aliphatic carbocycles. The van der Waals surface area contributed by atoms with Crippen LogP contribution >= 0.6 is 0 Å². The second-order valence-electron chi connectivity index (χ2n) is 2.90. The molecule has 1 fully saturated rings. The minimum atomic E-state index is 1.32. The third-order valence-electron chi connectivity index (χ3n) is 1.99. The Morgan fingerprint density at radius 3 is 2.89 bits per heavy atom. The monoisotopic (exact) mass is 125 g/mol. The maximum atomic E-state index is 2.57. The Balaban J connectivity index is 2.08. The normalized spacial score (nSPS) is 21.4. The molecule has 0 saturated carbocycles. The molecule has 0 radical (unpaired) electrons. The van der Waals surface area contributed by atoms with E-state index in [1.807, 2.05) is 0 Å². The van der Waals surface area contributed by atoms with Crippen LogP contribution < -0.4 is 0 Å². The fraction of sp³-hybridized carbons (Fsp3) is 1.00. The topological polar surface area (TPSA) is 3.24 Å². The number of rotatable bonds is 2. The van der Waals surface area contributed by atoms with Crippen LogP contribution in [-0.2, 0) is 0 Å². The molecular weight excluding hydrogens is 109 g/mol. The Morgan fingerprint density at radius 2 is 2.33 bits per heavy atom. The van der Waals surface area contributed by atoms with Crippen molar-refractivity contribution in [3.05, 3.63) is 0 Å². The molecule has 0 bridgehead atoms. The highest BCUT2D eigenvalue weighted by Gasteiger charge is 2.08. The van der Waals surface area contributed by atoms with E-state index in [2.05, 4.69) is 11.7 Å². The van der Waals surface area contributed by atoms with Crippen molar-refractivity contribution >= 4 is 7.41 Å². The second-order valence-corrected chi connectivity index (χ2v) is 2.90. The highest BCUT2D eigenvalue weighted by molar-refractivity contribution is 6.32. The first-order valence-electron chi connectivity index (χ1n) is 4.16. The molecule has 52 valence electrons. The summed E-state index contributed by atoms with van der Waals surface area (Å²) in [5.74, 6) is 0. The number of hydrogen-bond acceptors (Lipinski definition) is 1. The van der Waals surface area contributed by atoms with Crippen molar-refractivity contribution in [2.24, 2.45) is 0 Å². The lowest BCUT2D eigenvalue weighted by Gasteiger charge is -2.24. The third kappa shape index (κ3) is 2.40. The molecule has 0 atom stereocenters. The molecule has 0 aromatic rings. The van der Waals surface area contributed by atoms with Crippen LogP contribution in [0.5, 0.6) is 0 Å². The summed E-state index contributed by atoms with van der Waals surface area (Å²) < 4.78 is 0. The Hall–Kier alpha value is 0.0249. The van der Waals surface area contributed by atoms with Gasteiger partial charge in [-0.05, 0) is 25.9 Å². The van der Waals surface area contributed by atoms with Crippen molar-refractivity contribution in [2.75, 3.05) is 13.1 Å². The molecule has 1 aliphatic heterocycles. The quantitative estimate of drug-likeness (QED) is 0.502. The Kier molecular flexibility index (Phi) is 3.12. The van der Waals surface area contributed by atoms with Crippen LogP contribution in [0.15, 0.2) is 0 Å². The van der Waals surface area contributed by atoms with Gasteiger partial charge in [0, 0.05) is 0 Å². The van der Waals surface area contributed by atoms with E-state index in [1.54, 1.807) is 0 Å². The summed E-state index contributed by atoms with van der Waals surface area (Å²) in [4.78, 5) is 2.57. The lowest BCUT2D eigenvalue weighted by Crippen LogP contribution is -2.32. The summed E-state index contributed by atoms with van der Waals surface area (Å²) in [5, 5.41) is 0. The van der Waals surface area contributed by atoms with Crippen LogP contribution in [0.4, 0.5) is 0 Å². The van der Waals surface area contributed by atoms with Gasteiger partial charge in [-0.15, -0.1) is 0 Å². The van der Waals surface area contributed by atoms with Gasteiger partial charge in [-0.1, -0.05) is 19.7 Å². The van der Waals surface area contributed by atoms with Gasteiger partial charge in [-0.2, -0.15) is 0 Å². The van der Waals surface area contributed by atoms with Crippen LogP contribution in [0.1, 0.15) is 26.2 Å². The molecule has 0 aromatic carbocycles. The molecular formula is C7H16BN. The van der Waals surface area contributed by atoms with Gasteiger partial charge < -0.3 is 4.81 Å². The zero-order valence-electron chi connectivity index (χ0n) is 6.40. The van der Waals surface area contributed by atoms with Crippen molar-refractivity contribution in [1.29, 1.82) is 0 Å². The van der Waals surface area contributed by atoms with E-state index in [1.165, 1.54) is 46.1 Å². The Labute approximate surface area is 58.7 Å². The fourth-order valence-electron chi connectivity index (χ4n) is 1.50. The zero-order valence-corrected chi connectivity index (χ0v) is 6.40. The molecule has 9 heavy (non-hydrogen) atoms. The van der Waals surface area contributed by atoms with Gasteiger partial charge in [-0.3, -0.25) is 0 Å². The minimum absolute atomic E-state index is 1.32. The fourth-order valence-corrected chi connectivity index (χ4v) is 1.50. The Morgan fingerprint density at radius 1 is 1.44 bits per heavy atom. The highest BCUT2D eigenvalue weighted by atomic mass is 15.0. The predicted octanol–water partition coefficient (Wildman–Crippen LogP) is 1.26. The van der Waals surface area contributed by atoms with Crippen molar-refractivity contribution in [1.82, 2.24) is 4.81 Å². The summed E-state index contributed by atoms with van der Waals surface area (Å²) in [6, 6.07) is 0. The van der Waals surface area contributed by atoms with Gasteiger partial charge in [0.15, 0.2) is 0 Å². The van der Waals surface area contributed by atoms with Crippen molar-refractivity contribution in [3.63, 3.8) is 0 Å². The van der Waals surface area contributed by atoms with E-state index in [-0.39, 0.29) is 0 Å². The average molecular weight is 125 g/mol. The third-order valence-corrected chi connectivity index (χ3v) is 1.99. The molecule has 0 N–H and O–H groups in total. The maximum Gasteiger partial charge on any atom is 0.204 e. The van der Waals surface area contributed by atoms with Crippen LogP contribution in [0, 0.1) is 0 Å². The van der Waals surface area contributed by atoms with Gasteiger partial charge in [-0.25, -0.2) is 0 Å². The highest BCUT2D eigenvalue weighted by Crippen LogP contribution is 2.07. The first-order valence-corrected chi connectivity index (χ1v) is 4.16. The molecule has 0 amide bonds. The first kappa shape index (κ1) is 7.14. The summed E-state index contributed by atoms with van der Waals surface area (Å²) in [7, 11) is 1.36. The molecule has 0 aromatic heterocycles. The van der Waals surface area contributed by atoms with Crippen molar-refractivity contribution in [2.45, 2.75) is 32.5 Å². The van der Waals surface area contributed by atoms with Crippen molar-refractivity contribution in [3.8, 4) is 0 Å². The molecule has 1 rings (SSSR count). The molecule has 1 saturated heterocycles. The zero-order chi connectivity index (χ0) is 6.53. The Bertz CT molecular complexity index is 66.6. The van der Waals surface area contributed by atoms with Crippen LogP contribution in [-0.4, -0.2) is 25.3 Å². The van der Waals surface area contributed by atoms with Crippen LogP contribution in [0.3, 0.4) is 0 Å². The smallest absolute Gasteiger partial charge is 0.204 e. The van der Waals surface area contributed by atoms with Gasteiger partial charge in [0.25, 0.3) is 0 Å². The van der Waals surface area contributed by atoms with Gasteiger partial charge in [0.1, 0.15) is 0 Å². The van der Waals surface area contributed by atoms with E-state index in [9.17, 15) is 0 Å².